The monoisotopic (exact) mass is 477 g/mol. The van der Waals surface area contributed by atoms with E-state index in [-0.39, 0.29) is 36.6 Å². The normalized spacial score (nSPS) is 15.1. The summed E-state index contributed by atoms with van der Waals surface area (Å²) in [7, 11) is 3.38. The molecule has 8 nitrogen and oxygen atoms in total. The van der Waals surface area contributed by atoms with Crippen molar-refractivity contribution in [2.24, 2.45) is 0 Å². The van der Waals surface area contributed by atoms with E-state index < -0.39 is 0 Å². The molecular weight excluding hydrogens is 446 g/mol. The first kappa shape index (κ1) is 24.5. The van der Waals surface area contributed by atoms with Crippen LogP contribution in [0.5, 0.6) is 5.75 Å². The molecule has 0 unspecified atom stereocenters. The number of nitrogens with zero attached hydrogens (tertiary/aromatic N) is 3. The highest BCUT2D eigenvalue weighted by molar-refractivity contribution is 5.93. The van der Waals surface area contributed by atoms with Crippen LogP contribution in [0.3, 0.4) is 0 Å². The summed E-state index contributed by atoms with van der Waals surface area (Å²) < 4.78 is 16.4. The first-order valence-corrected chi connectivity index (χ1v) is 11.8. The second-order valence-corrected chi connectivity index (χ2v) is 8.68. The van der Waals surface area contributed by atoms with Crippen molar-refractivity contribution in [2.45, 2.75) is 31.9 Å². The SMILES string of the molecule is COc1ccc(-c2cc(C(=O)N(CCC(=O)N(C)Cc3ccccc3)C[C@H]3CCCO3)no2)cc1. The maximum Gasteiger partial charge on any atom is 0.276 e. The Kier molecular flexibility index (Phi) is 8.15. The van der Waals surface area contributed by atoms with Gasteiger partial charge in [0.15, 0.2) is 11.5 Å². The molecule has 8 heteroatoms. The van der Waals surface area contributed by atoms with Gasteiger partial charge in [0.05, 0.1) is 13.2 Å². The van der Waals surface area contributed by atoms with Gasteiger partial charge in [-0.3, -0.25) is 9.59 Å². The van der Waals surface area contributed by atoms with Gasteiger partial charge in [0.2, 0.25) is 5.91 Å². The predicted molar refractivity (Wildman–Crippen MR) is 131 cm³/mol. The molecule has 1 saturated heterocycles. The van der Waals surface area contributed by atoms with Crippen LogP contribution in [-0.2, 0) is 16.1 Å². The van der Waals surface area contributed by atoms with E-state index in [9.17, 15) is 9.59 Å². The predicted octanol–water partition coefficient (Wildman–Crippen LogP) is 4.02. The van der Waals surface area contributed by atoms with Crippen LogP contribution in [0.15, 0.2) is 65.2 Å². The molecule has 1 aliphatic heterocycles. The maximum atomic E-state index is 13.4. The first-order valence-electron chi connectivity index (χ1n) is 11.8. The lowest BCUT2D eigenvalue weighted by atomic mass is 10.1. The molecule has 184 valence electrons. The minimum atomic E-state index is -0.275. The zero-order valence-electron chi connectivity index (χ0n) is 20.2. The zero-order chi connectivity index (χ0) is 24.6. The number of amides is 2. The van der Waals surface area contributed by atoms with E-state index in [1.54, 1.807) is 30.0 Å². The molecule has 0 saturated carbocycles. The average Bonchev–Trinajstić information content (AvgIpc) is 3.59. The molecule has 2 aromatic carbocycles. The van der Waals surface area contributed by atoms with Crippen LogP contribution in [0.1, 0.15) is 35.3 Å². The van der Waals surface area contributed by atoms with Gasteiger partial charge < -0.3 is 23.8 Å². The minimum absolute atomic E-state index is 0.0296. The van der Waals surface area contributed by atoms with Crippen LogP contribution in [0.2, 0.25) is 0 Å². The van der Waals surface area contributed by atoms with Crippen molar-refractivity contribution in [2.75, 3.05) is 33.9 Å². The van der Waals surface area contributed by atoms with Crippen LogP contribution < -0.4 is 4.74 Å². The lowest BCUT2D eigenvalue weighted by molar-refractivity contribution is -0.130. The van der Waals surface area contributed by atoms with Gasteiger partial charge in [0, 0.05) is 51.3 Å². The molecule has 1 fully saturated rings. The number of hydrogen-bond acceptors (Lipinski definition) is 6. The molecule has 2 amide bonds. The summed E-state index contributed by atoms with van der Waals surface area (Å²) in [6.07, 6.45) is 2.04. The largest absolute Gasteiger partial charge is 0.497 e. The number of rotatable bonds is 10. The fourth-order valence-corrected chi connectivity index (χ4v) is 4.11. The first-order chi connectivity index (χ1) is 17.0. The second kappa shape index (κ2) is 11.7. The van der Waals surface area contributed by atoms with E-state index in [1.165, 1.54) is 0 Å². The van der Waals surface area contributed by atoms with Gasteiger partial charge in [-0.25, -0.2) is 0 Å². The van der Waals surface area contributed by atoms with Crippen molar-refractivity contribution in [3.63, 3.8) is 0 Å². The fourth-order valence-electron chi connectivity index (χ4n) is 4.11. The number of benzene rings is 2. The Morgan fingerprint density at radius 3 is 2.57 bits per heavy atom. The van der Waals surface area contributed by atoms with E-state index in [0.29, 0.717) is 25.5 Å². The lowest BCUT2D eigenvalue weighted by Gasteiger charge is -2.25. The Balaban J connectivity index is 1.42. The second-order valence-electron chi connectivity index (χ2n) is 8.68. The lowest BCUT2D eigenvalue weighted by Crippen LogP contribution is -2.40. The third-order valence-corrected chi connectivity index (χ3v) is 6.12. The van der Waals surface area contributed by atoms with Gasteiger partial charge in [-0.1, -0.05) is 35.5 Å². The summed E-state index contributed by atoms with van der Waals surface area (Å²) in [6.45, 7) is 1.91. The summed E-state index contributed by atoms with van der Waals surface area (Å²) in [5.74, 6) is 0.918. The quantitative estimate of drug-likeness (QED) is 0.439. The van der Waals surface area contributed by atoms with Gasteiger partial charge in [-0.2, -0.15) is 0 Å². The molecule has 4 rings (SSSR count). The van der Waals surface area contributed by atoms with E-state index in [2.05, 4.69) is 5.16 Å². The van der Waals surface area contributed by atoms with Gasteiger partial charge in [0.1, 0.15) is 5.75 Å². The standard InChI is InChI=1S/C27H31N3O5/c1-29(18-20-7-4-3-5-8-20)26(31)14-15-30(19-23-9-6-16-34-23)27(32)24-17-25(35-28-24)21-10-12-22(33-2)13-11-21/h3-5,7-8,10-13,17,23H,6,9,14-16,18-19H2,1-2H3/t23-/m1/s1. The van der Waals surface area contributed by atoms with Crippen LogP contribution in [0.25, 0.3) is 11.3 Å². The van der Waals surface area contributed by atoms with Crippen molar-refractivity contribution >= 4 is 11.8 Å². The minimum Gasteiger partial charge on any atom is -0.497 e. The van der Waals surface area contributed by atoms with Gasteiger partial charge in [-0.15, -0.1) is 0 Å². The summed E-state index contributed by atoms with van der Waals surface area (Å²) in [5, 5.41) is 4.01. The molecule has 35 heavy (non-hydrogen) atoms. The van der Waals surface area contributed by atoms with E-state index in [4.69, 9.17) is 14.0 Å². The van der Waals surface area contributed by atoms with Gasteiger partial charge in [0.25, 0.3) is 5.91 Å². The average molecular weight is 478 g/mol. The number of ether oxygens (including phenoxy) is 2. The number of hydrogen-bond donors (Lipinski definition) is 0. The van der Waals surface area contributed by atoms with Crippen molar-refractivity contribution in [3.05, 3.63) is 71.9 Å². The van der Waals surface area contributed by atoms with Crippen LogP contribution in [0, 0.1) is 0 Å². The van der Waals surface area contributed by atoms with E-state index >= 15 is 0 Å². The maximum absolute atomic E-state index is 13.4. The molecule has 1 aromatic heterocycles. The highest BCUT2D eigenvalue weighted by Gasteiger charge is 2.26. The Morgan fingerprint density at radius 1 is 1.11 bits per heavy atom. The summed E-state index contributed by atoms with van der Waals surface area (Å²) >= 11 is 0. The number of carbonyl (C=O) groups is 2. The smallest absolute Gasteiger partial charge is 0.276 e. The van der Waals surface area contributed by atoms with Crippen LogP contribution in [-0.4, -0.2) is 66.7 Å². The summed E-state index contributed by atoms with van der Waals surface area (Å²) in [4.78, 5) is 29.5. The third kappa shape index (κ3) is 6.48. The Bertz CT molecular complexity index is 1110. The molecule has 0 radical (unpaired) electrons. The molecule has 1 aliphatic rings. The van der Waals surface area contributed by atoms with Gasteiger partial charge >= 0.3 is 0 Å². The highest BCUT2D eigenvalue weighted by atomic mass is 16.5. The molecule has 1 atom stereocenters. The van der Waals surface area contributed by atoms with Crippen molar-refractivity contribution in [1.82, 2.24) is 15.0 Å². The van der Waals surface area contributed by atoms with E-state index in [1.807, 2.05) is 54.6 Å². The third-order valence-electron chi connectivity index (χ3n) is 6.12. The van der Waals surface area contributed by atoms with Crippen LogP contribution >= 0.6 is 0 Å². The molecule has 0 spiro atoms. The molecular formula is C27H31N3O5. The van der Waals surface area contributed by atoms with Crippen molar-refractivity contribution < 1.29 is 23.6 Å². The Labute approximate surface area is 205 Å². The molecule has 0 bridgehead atoms. The fraction of sp³-hybridized carbons (Fsp3) is 0.370. The Morgan fingerprint density at radius 2 is 1.89 bits per heavy atom. The topological polar surface area (TPSA) is 85.1 Å². The van der Waals surface area contributed by atoms with Crippen molar-refractivity contribution in [3.8, 4) is 17.1 Å². The van der Waals surface area contributed by atoms with Gasteiger partial charge in [-0.05, 0) is 42.7 Å². The number of methoxy groups -OCH3 is 1. The molecule has 3 aromatic rings. The Hall–Kier alpha value is -3.65. The molecule has 0 aliphatic carbocycles. The summed E-state index contributed by atoms with van der Waals surface area (Å²) in [5.41, 5.74) is 2.06. The zero-order valence-corrected chi connectivity index (χ0v) is 20.2. The summed E-state index contributed by atoms with van der Waals surface area (Å²) in [6, 6.07) is 18.8. The number of aromatic nitrogens is 1. The highest BCUT2D eigenvalue weighted by Crippen LogP contribution is 2.24. The van der Waals surface area contributed by atoms with Crippen LogP contribution in [0.4, 0.5) is 0 Å². The number of carbonyl (C=O) groups excluding carboxylic acids is 2. The van der Waals surface area contributed by atoms with E-state index in [0.717, 1.165) is 29.7 Å². The van der Waals surface area contributed by atoms with Crippen molar-refractivity contribution in [1.29, 1.82) is 0 Å². The molecule has 2 heterocycles. The molecule has 0 N–H and O–H groups in total.